The van der Waals surface area contributed by atoms with Crippen LogP contribution in [0.15, 0.2) is 42.5 Å². The molecule has 3 nitrogen and oxygen atoms in total. The first-order valence-corrected chi connectivity index (χ1v) is 8.02. The molecule has 6 heteroatoms. The fourth-order valence-electron chi connectivity index (χ4n) is 3.14. The Kier molecular flexibility index (Phi) is 3.92. The number of alkyl halides is 3. The van der Waals surface area contributed by atoms with Crippen LogP contribution in [0.25, 0.3) is 6.08 Å². The molecule has 2 heterocycles. The average molecular weight is 347 g/mol. The Morgan fingerprint density at radius 3 is 2.48 bits per heavy atom. The van der Waals surface area contributed by atoms with Crippen molar-refractivity contribution in [2.24, 2.45) is 0 Å². The van der Waals surface area contributed by atoms with Crippen LogP contribution in [0.5, 0.6) is 11.5 Å². The van der Waals surface area contributed by atoms with Gasteiger partial charge in [0, 0.05) is 6.54 Å². The van der Waals surface area contributed by atoms with E-state index in [4.69, 9.17) is 9.47 Å². The van der Waals surface area contributed by atoms with Crippen molar-refractivity contribution >= 4 is 6.08 Å². The summed E-state index contributed by atoms with van der Waals surface area (Å²) in [6, 6.07) is 9.12. The number of hydrogen-bond acceptors (Lipinski definition) is 3. The maximum atomic E-state index is 12.6. The monoisotopic (exact) mass is 347 g/mol. The molecule has 1 unspecified atom stereocenters. The molecule has 0 radical (unpaired) electrons. The van der Waals surface area contributed by atoms with E-state index >= 15 is 0 Å². The smallest absolute Gasteiger partial charge is 0.416 e. The molecule has 2 aromatic rings. The maximum absolute atomic E-state index is 12.6. The minimum atomic E-state index is -4.31. The van der Waals surface area contributed by atoms with Gasteiger partial charge in [0.15, 0.2) is 11.5 Å². The van der Waals surface area contributed by atoms with E-state index in [1.54, 1.807) is 0 Å². The second-order valence-corrected chi connectivity index (χ2v) is 6.06. The lowest BCUT2D eigenvalue weighted by Gasteiger charge is -2.25. The van der Waals surface area contributed by atoms with Gasteiger partial charge in [0.1, 0.15) is 0 Å². The van der Waals surface area contributed by atoms with Crippen LogP contribution in [-0.2, 0) is 12.6 Å². The third-order valence-corrected chi connectivity index (χ3v) is 4.45. The molecule has 1 atom stereocenters. The van der Waals surface area contributed by atoms with E-state index in [0.717, 1.165) is 47.7 Å². The first kappa shape index (κ1) is 16.0. The van der Waals surface area contributed by atoms with Crippen LogP contribution < -0.4 is 14.8 Å². The molecule has 0 bridgehead atoms. The molecule has 0 spiro atoms. The fraction of sp³-hybridized carbons (Fsp3) is 0.263. The summed E-state index contributed by atoms with van der Waals surface area (Å²) in [5.74, 6) is 1.50. The quantitative estimate of drug-likeness (QED) is 0.877. The lowest BCUT2D eigenvalue weighted by Crippen LogP contribution is -2.28. The molecule has 0 saturated carbocycles. The number of rotatable bonds is 2. The predicted octanol–water partition coefficient (Wildman–Crippen LogP) is 4.33. The first-order valence-electron chi connectivity index (χ1n) is 8.02. The Morgan fingerprint density at radius 1 is 1.04 bits per heavy atom. The van der Waals surface area contributed by atoms with Gasteiger partial charge in [-0.15, -0.1) is 0 Å². The third kappa shape index (κ3) is 3.22. The zero-order chi connectivity index (χ0) is 17.4. The fourth-order valence-corrected chi connectivity index (χ4v) is 3.14. The standard InChI is InChI=1S/C19H16F3NO2/c20-19(21,22)14-4-1-12(2-5-14)3-6-16-15-10-18-17(24-11-25-18)9-13(15)7-8-23-16/h1-6,9-10,16,23H,7-8,11H2. The van der Waals surface area contributed by atoms with Crippen LogP contribution in [0.3, 0.4) is 0 Å². The Bertz CT molecular complexity index is 813. The van der Waals surface area contributed by atoms with Gasteiger partial charge >= 0.3 is 6.18 Å². The minimum Gasteiger partial charge on any atom is -0.454 e. The second kappa shape index (κ2) is 6.11. The summed E-state index contributed by atoms with van der Waals surface area (Å²) >= 11 is 0. The van der Waals surface area contributed by atoms with Crippen molar-refractivity contribution in [3.63, 3.8) is 0 Å². The van der Waals surface area contributed by atoms with E-state index in [2.05, 4.69) is 5.32 Å². The van der Waals surface area contributed by atoms with Crippen LogP contribution in [0.2, 0.25) is 0 Å². The van der Waals surface area contributed by atoms with Crippen molar-refractivity contribution in [3.05, 3.63) is 64.7 Å². The van der Waals surface area contributed by atoms with Crippen molar-refractivity contribution in [2.45, 2.75) is 18.6 Å². The molecule has 0 amide bonds. The zero-order valence-corrected chi connectivity index (χ0v) is 13.3. The topological polar surface area (TPSA) is 30.5 Å². The van der Waals surface area contributed by atoms with Gasteiger partial charge in [-0.25, -0.2) is 0 Å². The predicted molar refractivity (Wildman–Crippen MR) is 87.5 cm³/mol. The summed E-state index contributed by atoms with van der Waals surface area (Å²) in [6.45, 7) is 1.06. The number of benzene rings is 2. The van der Waals surface area contributed by atoms with E-state index in [1.807, 2.05) is 24.3 Å². The van der Waals surface area contributed by atoms with E-state index in [9.17, 15) is 13.2 Å². The zero-order valence-electron chi connectivity index (χ0n) is 13.3. The lowest BCUT2D eigenvalue weighted by atomic mass is 9.93. The van der Waals surface area contributed by atoms with Gasteiger partial charge in [-0.1, -0.05) is 24.3 Å². The van der Waals surface area contributed by atoms with E-state index < -0.39 is 11.7 Å². The molecule has 0 saturated heterocycles. The van der Waals surface area contributed by atoms with Crippen LogP contribution in [-0.4, -0.2) is 13.3 Å². The number of ether oxygens (including phenoxy) is 2. The van der Waals surface area contributed by atoms with Crippen LogP contribution >= 0.6 is 0 Å². The van der Waals surface area contributed by atoms with Gasteiger partial charge < -0.3 is 14.8 Å². The van der Waals surface area contributed by atoms with Gasteiger partial charge in [-0.3, -0.25) is 0 Å². The molecule has 0 fully saturated rings. The van der Waals surface area contributed by atoms with Gasteiger partial charge in [0.25, 0.3) is 0 Å². The van der Waals surface area contributed by atoms with Gasteiger partial charge in [0.2, 0.25) is 6.79 Å². The molecule has 2 aliphatic heterocycles. The molecule has 1 N–H and O–H groups in total. The van der Waals surface area contributed by atoms with E-state index in [1.165, 1.54) is 17.7 Å². The number of hydrogen-bond donors (Lipinski definition) is 1. The normalized spacial score (nSPS) is 19.2. The van der Waals surface area contributed by atoms with Crippen LogP contribution in [0, 0.1) is 0 Å². The first-order chi connectivity index (χ1) is 12.0. The molecule has 130 valence electrons. The summed E-state index contributed by atoms with van der Waals surface area (Å²) in [4.78, 5) is 0. The second-order valence-electron chi connectivity index (χ2n) is 6.06. The highest BCUT2D eigenvalue weighted by molar-refractivity contribution is 5.55. The molecule has 4 rings (SSSR count). The molecular formula is C19H16F3NO2. The Balaban J connectivity index is 1.57. The van der Waals surface area contributed by atoms with Crippen molar-refractivity contribution in [2.75, 3.05) is 13.3 Å². The molecule has 2 aromatic carbocycles. The number of fused-ring (bicyclic) bond motifs is 2. The third-order valence-electron chi connectivity index (χ3n) is 4.45. The SMILES string of the molecule is FC(F)(F)c1ccc(C=CC2NCCc3cc4c(cc32)OCO4)cc1. The molecule has 0 aliphatic carbocycles. The Hall–Kier alpha value is -2.47. The number of halogens is 3. The average Bonchev–Trinajstić information content (AvgIpc) is 3.05. The highest BCUT2D eigenvalue weighted by atomic mass is 19.4. The summed E-state index contributed by atoms with van der Waals surface area (Å²) in [5.41, 5.74) is 2.39. The van der Waals surface area contributed by atoms with E-state index in [0.29, 0.717) is 0 Å². The van der Waals surface area contributed by atoms with Crippen molar-refractivity contribution in [1.82, 2.24) is 5.32 Å². The Morgan fingerprint density at radius 2 is 1.76 bits per heavy atom. The summed E-state index contributed by atoms with van der Waals surface area (Å²) in [7, 11) is 0. The van der Waals surface area contributed by atoms with Crippen LogP contribution in [0.1, 0.15) is 28.3 Å². The van der Waals surface area contributed by atoms with Crippen molar-refractivity contribution in [1.29, 1.82) is 0 Å². The minimum absolute atomic E-state index is 0.0134. The van der Waals surface area contributed by atoms with Gasteiger partial charge in [0.05, 0.1) is 11.6 Å². The van der Waals surface area contributed by atoms with Crippen molar-refractivity contribution < 1.29 is 22.6 Å². The highest BCUT2D eigenvalue weighted by Gasteiger charge is 2.29. The van der Waals surface area contributed by atoms with Crippen LogP contribution in [0.4, 0.5) is 13.2 Å². The Labute approximate surface area is 143 Å². The van der Waals surface area contributed by atoms with E-state index in [-0.39, 0.29) is 12.8 Å². The summed E-state index contributed by atoms with van der Waals surface area (Å²) in [6.07, 6.45) is 0.380. The maximum Gasteiger partial charge on any atom is 0.416 e. The highest BCUT2D eigenvalue weighted by Crippen LogP contribution is 2.38. The van der Waals surface area contributed by atoms with Crippen molar-refractivity contribution in [3.8, 4) is 11.5 Å². The summed E-state index contributed by atoms with van der Waals surface area (Å²) < 4.78 is 48.7. The number of nitrogens with one attached hydrogen (secondary N) is 1. The van der Waals surface area contributed by atoms with Gasteiger partial charge in [-0.05, 0) is 47.4 Å². The molecule has 25 heavy (non-hydrogen) atoms. The molecule has 0 aromatic heterocycles. The summed E-state index contributed by atoms with van der Waals surface area (Å²) in [5, 5.41) is 3.41. The lowest BCUT2D eigenvalue weighted by molar-refractivity contribution is -0.137. The molecular weight excluding hydrogens is 331 g/mol. The van der Waals surface area contributed by atoms with Gasteiger partial charge in [-0.2, -0.15) is 13.2 Å². The molecule has 2 aliphatic rings. The largest absolute Gasteiger partial charge is 0.454 e.